The first-order chi connectivity index (χ1) is 10.7. The van der Waals surface area contributed by atoms with Crippen LogP contribution in [0.3, 0.4) is 0 Å². The highest BCUT2D eigenvalue weighted by atomic mass is 19.4. The highest BCUT2D eigenvalue weighted by molar-refractivity contribution is 5.78. The Labute approximate surface area is 132 Å². The molecule has 2 amide bonds. The Hall–Kier alpha value is -2.25. The maximum Gasteiger partial charge on any atom is 0.416 e. The van der Waals surface area contributed by atoms with Crippen LogP contribution in [0.4, 0.5) is 13.2 Å². The molecular weight excluding hydrogens is 313 g/mol. The fourth-order valence-electron chi connectivity index (χ4n) is 1.55. The van der Waals surface area contributed by atoms with Crippen LogP contribution < -0.4 is 15.4 Å². The maximum absolute atomic E-state index is 12.5. The lowest BCUT2D eigenvalue weighted by Gasteiger charge is -2.11. The average Bonchev–Trinajstić information content (AvgIpc) is 2.48. The molecule has 0 atom stereocenters. The van der Waals surface area contributed by atoms with Crippen LogP contribution in [0.25, 0.3) is 0 Å². The van der Waals surface area contributed by atoms with Crippen LogP contribution in [-0.2, 0) is 15.8 Å². The first kappa shape index (κ1) is 18.8. The molecule has 2 N–H and O–H groups in total. The summed E-state index contributed by atoms with van der Waals surface area (Å²) in [7, 11) is 0. The van der Waals surface area contributed by atoms with Crippen LogP contribution in [0, 0.1) is 5.92 Å². The quantitative estimate of drug-likeness (QED) is 0.750. The summed E-state index contributed by atoms with van der Waals surface area (Å²) in [6.45, 7) is 3.57. The van der Waals surface area contributed by atoms with Crippen molar-refractivity contribution in [3.05, 3.63) is 29.8 Å². The molecule has 0 saturated heterocycles. The fraction of sp³-hybridized carbons (Fsp3) is 0.467. The lowest BCUT2D eigenvalue weighted by molar-refractivity contribution is -0.137. The molecule has 0 aliphatic heterocycles. The van der Waals surface area contributed by atoms with E-state index >= 15 is 0 Å². The molecule has 0 radical (unpaired) electrons. The zero-order chi connectivity index (χ0) is 17.5. The van der Waals surface area contributed by atoms with Crippen molar-refractivity contribution in [2.24, 2.45) is 5.92 Å². The molecule has 0 bridgehead atoms. The van der Waals surface area contributed by atoms with Gasteiger partial charge in [0.1, 0.15) is 5.75 Å². The second-order valence-electron chi connectivity index (χ2n) is 5.11. The normalized spacial score (nSPS) is 11.2. The monoisotopic (exact) mass is 332 g/mol. The molecule has 0 saturated carbocycles. The Morgan fingerprint density at radius 1 is 1.17 bits per heavy atom. The zero-order valence-corrected chi connectivity index (χ0v) is 12.9. The maximum atomic E-state index is 12.5. The standard InChI is InChI=1S/C15H19F3N2O3/c1-10(2)14(22)20-7-6-19-13(21)9-23-12-5-3-4-11(8-12)15(16,17)18/h3-5,8,10H,6-7,9H2,1-2H3,(H,19,21)(H,20,22). The molecule has 0 aliphatic carbocycles. The summed E-state index contributed by atoms with van der Waals surface area (Å²) in [6, 6.07) is 4.30. The number of amides is 2. The van der Waals surface area contributed by atoms with Gasteiger partial charge in [-0.3, -0.25) is 9.59 Å². The summed E-state index contributed by atoms with van der Waals surface area (Å²) in [5.74, 6) is -0.793. The topological polar surface area (TPSA) is 67.4 Å². The summed E-state index contributed by atoms with van der Waals surface area (Å²) >= 11 is 0. The van der Waals surface area contributed by atoms with Gasteiger partial charge in [0, 0.05) is 19.0 Å². The Kier molecular flexibility index (Phi) is 6.87. The predicted octanol–water partition coefficient (Wildman–Crippen LogP) is 1.97. The minimum atomic E-state index is -4.46. The number of alkyl halides is 3. The number of benzene rings is 1. The van der Waals surface area contributed by atoms with E-state index in [1.807, 2.05) is 0 Å². The van der Waals surface area contributed by atoms with Crippen molar-refractivity contribution < 1.29 is 27.5 Å². The van der Waals surface area contributed by atoms with Crippen LogP contribution in [0.2, 0.25) is 0 Å². The van der Waals surface area contributed by atoms with Crippen LogP contribution in [0.1, 0.15) is 19.4 Å². The van der Waals surface area contributed by atoms with E-state index in [2.05, 4.69) is 10.6 Å². The lowest BCUT2D eigenvalue weighted by Crippen LogP contribution is -2.38. The second-order valence-corrected chi connectivity index (χ2v) is 5.11. The van der Waals surface area contributed by atoms with E-state index in [1.165, 1.54) is 12.1 Å². The summed E-state index contributed by atoms with van der Waals surface area (Å²) in [4.78, 5) is 22.8. The van der Waals surface area contributed by atoms with Crippen LogP contribution in [0.5, 0.6) is 5.75 Å². The second kappa shape index (κ2) is 8.40. The molecule has 23 heavy (non-hydrogen) atoms. The first-order valence-electron chi connectivity index (χ1n) is 7.04. The lowest BCUT2D eigenvalue weighted by atomic mass is 10.2. The number of ether oxygens (including phenoxy) is 1. The fourth-order valence-corrected chi connectivity index (χ4v) is 1.55. The highest BCUT2D eigenvalue weighted by Gasteiger charge is 2.30. The SMILES string of the molecule is CC(C)C(=O)NCCNC(=O)COc1cccc(C(F)(F)F)c1. The van der Waals surface area contributed by atoms with Gasteiger partial charge in [-0.05, 0) is 18.2 Å². The van der Waals surface area contributed by atoms with Gasteiger partial charge in [-0.1, -0.05) is 19.9 Å². The summed E-state index contributed by atoms with van der Waals surface area (Å²) in [5.41, 5.74) is -0.841. The molecule has 0 aromatic heterocycles. The van der Waals surface area contributed by atoms with Crippen molar-refractivity contribution in [1.82, 2.24) is 10.6 Å². The van der Waals surface area contributed by atoms with E-state index in [1.54, 1.807) is 13.8 Å². The molecule has 5 nitrogen and oxygen atoms in total. The number of nitrogens with one attached hydrogen (secondary N) is 2. The third-order valence-electron chi connectivity index (χ3n) is 2.80. The molecule has 128 valence electrons. The third kappa shape index (κ3) is 7.03. The Bertz CT molecular complexity index is 545. The van der Waals surface area contributed by atoms with E-state index in [0.717, 1.165) is 12.1 Å². The molecule has 1 rings (SSSR count). The number of halogens is 3. The molecule has 0 fully saturated rings. The van der Waals surface area contributed by atoms with Crippen LogP contribution >= 0.6 is 0 Å². The molecule has 1 aromatic carbocycles. The van der Waals surface area contributed by atoms with Crippen molar-refractivity contribution in [3.8, 4) is 5.75 Å². The van der Waals surface area contributed by atoms with Gasteiger partial charge in [0.05, 0.1) is 5.56 Å². The van der Waals surface area contributed by atoms with Crippen molar-refractivity contribution in [2.75, 3.05) is 19.7 Å². The van der Waals surface area contributed by atoms with Crippen LogP contribution in [0.15, 0.2) is 24.3 Å². The van der Waals surface area contributed by atoms with Gasteiger partial charge in [0.25, 0.3) is 5.91 Å². The molecule has 8 heteroatoms. The van der Waals surface area contributed by atoms with E-state index < -0.39 is 24.3 Å². The average molecular weight is 332 g/mol. The zero-order valence-electron chi connectivity index (χ0n) is 12.9. The van der Waals surface area contributed by atoms with Gasteiger partial charge in [0.2, 0.25) is 5.91 Å². The highest BCUT2D eigenvalue weighted by Crippen LogP contribution is 2.31. The third-order valence-corrected chi connectivity index (χ3v) is 2.80. The Balaban J connectivity index is 2.33. The molecule has 0 aliphatic rings. The number of hydrogen-bond acceptors (Lipinski definition) is 3. The molecule has 0 spiro atoms. The minimum Gasteiger partial charge on any atom is -0.484 e. The minimum absolute atomic E-state index is 0.0388. The molecule has 1 aromatic rings. The molecular formula is C15H19F3N2O3. The predicted molar refractivity (Wildman–Crippen MR) is 77.8 cm³/mol. The summed E-state index contributed by atoms with van der Waals surface area (Å²) < 4.78 is 42.6. The van der Waals surface area contributed by atoms with Gasteiger partial charge in [-0.2, -0.15) is 13.2 Å². The largest absolute Gasteiger partial charge is 0.484 e. The first-order valence-corrected chi connectivity index (χ1v) is 7.04. The number of carbonyl (C=O) groups excluding carboxylic acids is 2. The molecule has 0 heterocycles. The van der Waals surface area contributed by atoms with Gasteiger partial charge >= 0.3 is 6.18 Å². The van der Waals surface area contributed by atoms with Gasteiger partial charge in [0.15, 0.2) is 6.61 Å². The van der Waals surface area contributed by atoms with E-state index in [0.29, 0.717) is 0 Å². The van der Waals surface area contributed by atoms with E-state index in [-0.39, 0.29) is 30.7 Å². The van der Waals surface area contributed by atoms with Crippen molar-refractivity contribution in [3.63, 3.8) is 0 Å². The van der Waals surface area contributed by atoms with Gasteiger partial charge in [-0.25, -0.2) is 0 Å². The van der Waals surface area contributed by atoms with E-state index in [9.17, 15) is 22.8 Å². The van der Waals surface area contributed by atoms with Gasteiger partial charge in [-0.15, -0.1) is 0 Å². The van der Waals surface area contributed by atoms with Crippen molar-refractivity contribution >= 4 is 11.8 Å². The summed E-state index contributed by atoms with van der Waals surface area (Å²) in [5, 5.41) is 5.11. The van der Waals surface area contributed by atoms with Crippen LogP contribution in [-0.4, -0.2) is 31.5 Å². The van der Waals surface area contributed by atoms with Crippen molar-refractivity contribution in [2.45, 2.75) is 20.0 Å². The van der Waals surface area contributed by atoms with Crippen molar-refractivity contribution in [1.29, 1.82) is 0 Å². The van der Waals surface area contributed by atoms with Gasteiger partial charge < -0.3 is 15.4 Å². The Morgan fingerprint density at radius 3 is 2.43 bits per heavy atom. The number of hydrogen-bond donors (Lipinski definition) is 2. The molecule has 0 unspecified atom stereocenters. The van der Waals surface area contributed by atoms with E-state index in [4.69, 9.17) is 4.74 Å². The Morgan fingerprint density at radius 2 is 1.83 bits per heavy atom. The smallest absolute Gasteiger partial charge is 0.416 e. The number of rotatable bonds is 7. The number of carbonyl (C=O) groups is 2. The summed E-state index contributed by atoms with van der Waals surface area (Å²) in [6.07, 6.45) is -4.46.